The first-order valence-electron chi connectivity index (χ1n) is 6.46. The molecule has 0 spiro atoms. The van der Waals surface area contributed by atoms with Crippen LogP contribution >= 0.6 is 15.9 Å². The third kappa shape index (κ3) is 3.56. The second kappa shape index (κ2) is 6.35. The summed E-state index contributed by atoms with van der Waals surface area (Å²) in [7, 11) is 2.19. The van der Waals surface area contributed by atoms with Gasteiger partial charge in [0, 0.05) is 11.4 Å². The quantitative estimate of drug-likeness (QED) is 0.738. The van der Waals surface area contributed by atoms with Crippen LogP contribution in [0.1, 0.15) is 18.9 Å². The van der Waals surface area contributed by atoms with Gasteiger partial charge in [-0.15, -0.1) is 0 Å². The van der Waals surface area contributed by atoms with Crippen molar-refractivity contribution in [3.05, 3.63) is 48.0 Å². The number of hydrogen-bond acceptors (Lipinski definition) is 1. The minimum Gasteiger partial charge on any atom is -0.302 e. The molecule has 0 saturated heterocycles. The molecule has 1 unspecified atom stereocenters. The van der Waals surface area contributed by atoms with Gasteiger partial charge in [0.25, 0.3) is 0 Å². The van der Waals surface area contributed by atoms with E-state index in [-0.39, 0.29) is 0 Å². The molecule has 96 valence electrons. The van der Waals surface area contributed by atoms with E-state index in [0.29, 0.717) is 4.83 Å². The zero-order valence-corrected chi connectivity index (χ0v) is 12.7. The average Bonchev–Trinajstić information content (AvgIpc) is 2.37. The van der Waals surface area contributed by atoms with Crippen LogP contribution in [-0.2, 0) is 6.54 Å². The van der Waals surface area contributed by atoms with Gasteiger partial charge in [0.1, 0.15) is 0 Å². The van der Waals surface area contributed by atoms with Gasteiger partial charge < -0.3 is 4.90 Å². The van der Waals surface area contributed by atoms with Gasteiger partial charge in [0.15, 0.2) is 0 Å². The van der Waals surface area contributed by atoms with E-state index in [4.69, 9.17) is 0 Å². The van der Waals surface area contributed by atoms with Gasteiger partial charge in [-0.05, 0) is 36.3 Å². The van der Waals surface area contributed by atoms with Crippen molar-refractivity contribution in [3.63, 3.8) is 0 Å². The smallest absolute Gasteiger partial charge is 0.0236 e. The maximum absolute atomic E-state index is 3.60. The molecule has 0 radical (unpaired) electrons. The predicted molar refractivity (Wildman–Crippen MR) is 83.3 cm³/mol. The number of nitrogens with zero attached hydrogens (tertiary/aromatic N) is 1. The lowest BCUT2D eigenvalue weighted by atomic mass is 10.0. The molecule has 0 amide bonds. The number of benzene rings is 2. The Kier molecular flexibility index (Phi) is 4.79. The Morgan fingerprint density at radius 3 is 2.61 bits per heavy atom. The summed E-state index contributed by atoms with van der Waals surface area (Å²) in [6, 6.07) is 15.2. The van der Waals surface area contributed by atoms with Gasteiger partial charge in [0.2, 0.25) is 0 Å². The Morgan fingerprint density at radius 2 is 1.83 bits per heavy atom. The van der Waals surface area contributed by atoms with E-state index < -0.39 is 0 Å². The molecular formula is C16H20BrN. The first-order chi connectivity index (χ1) is 8.66. The van der Waals surface area contributed by atoms with Crippen molar-refractivity contribution in [2.45, 2.75) is 24.7 Å². The molecule has 2 aromatic rings. The highest BCUT2D eigenvalue weighted by Crippen LogP contribution is 2.19. The highest BCUT2D eigenvalue weighted by molar-refractivity contribution is 9.09. The summed E-state index contributed by atoms with van der Waals surface area (Å²) in [5, 5.41) is 2.70. The summed E-state index contributed by atoms with van der Waals surface area (Å²) < 4.78 is 0. The Balaban J connectivity index is 2.11. The topological polar surface area (TPSA) is 3.24 Å². The predicted octanol–water partition coefficient (Wildman–Crippen LogP) is 4.45. The summed E-state index contributed by atoms with van der Waals surface area (Å²) in [4.78, 5) is 2.98. The number of rotatable bonds is 5. The van der Waals surface area contributed by atoms with Crippen LogP contribution in [0.3, 0.4) is 0 Å². The molecule has 2 rings (SSSR count). The van der Waals surface area contributed by atoms with Crippen LogP contribution in [-0.4, -0.2) is 23.3 Å². The van der Waals surface area contributed by atoms with Gasteiger partial charge in [-0.25, -0.2) is 0 Å². The van der Waals surface area contributed by atoms with E-state index >= 15 is 0 Å². The summed E-state index contributed by atoms with van der Waals surface area (Å²) in [5.41, 5.74) is 1.41. The molecule has 0 aliphatic rings. The highest BCUT2D eigenvalue weighted by Gasteiger charge is 2.05. The Bertz CT molecular complexity index is 502. The molecule has 0 heterocycles. The Hall–Kier alpha value is -0.860. The van der Waals surface area contributed by atoms with Crippen molar-refractivity contribution in [2.24, 2.45) is 0 Å². The van der Waals surface area contributed by atoms with Crippen molar-refractivity contribution in [1.29, 1.82) is 0 Å². The zero-order valence-electron chi connectivity index (χ0n) is 11.1. The molecule has 0 aliphatic carbocycles. The summed E-state index contributed by atoms with van der Waals surface area (Å²) in [6.07, 6.45) is 1.18. The first-order valence-corrected chi connectivity index (χ1v) is 7.37. The van der Waals surface area contributed by atoms with Crippen LogP contribution in [0.4, 0.5) is 0 Å². The highest BCUT2D eigenvalue weighted by atomic mass is 79.9. The standard InChI is InChI=1S/C16H20BrN/c1-13(17)10-11-18(2)12-15-8-5-7-14-6-3-4-9-16(14)15/h3-9,13H,10-12H2,1-2H3. The lowest BCUT2D eigenvalue weighted by molar-refractivity contribution is 0.324. The molecule has 0 bridgehead atoms. The zero-order chi connectivity index (χ0) is 13.0. The molecular weight excluding hydrogens is 286 g/mol. The van der Waals surface area contributed by atoms with Crippen LogP contribution in [0.5, 0.6) is 0 Å². The molecule has 0 aromatic heterocycles. The molecule has 18 heavy (non-hydrogen) atoms. The fraction of sp³-hybridized carbons (Fsp3) is 0.375. The monoisotopic (exact) mass is 305 g/mol. The Labute approximate surface area is 118 Å². The largest absolute Gasteiger partial charge is 0.302 e. The van der Waals surface area contributed by atoms with Gasteiger partial charge >= 0.3 is 0 Å². The van der Waals surface area contributed by atoms with E-state index in [1.54, 1.807) is 0 Å². The van der Waals surface area contributed by atoms with Crippen LogP contribution < -0.4 is 0 Å². The molecule has 1 atom stereocenters. The summed E-state index contributed by atoms with van der Waals surface area (Å²) in [6.45, 7) is 4.34. The lowest BCUT2D eigenvalue weighted by Gasteiger charge is -2.18. The molecule has 0 N–H and O–H groups in total. The number of fused-ring (bicyclic) bond motifs is 1. The third-order valence-electron chi connectivity index (χ3n) is 3.23. The molecule has 2 heteroatoms. The van der Waals surface area contributed by atoms with E-state index in [1.165, 1.54) is 22.8 Å². The maximum atomic E-state index is 3.60. The number of hydrogen-bond donors (Lipinski definition) is 0. The normalized spacial score (nSPS) is 13.1. The molecule has 2 aromatic carbocycles. The SMILES string of the molecule is CC(Br)CCN(C)Cc1cccc2ccccc12. The molecule has 0 aliphatic heterocycles. The van der Waals surface area contributed by atoms with Crippen molar-refractivity contribution in [3.8, 4) is 0 Å². The fourth-order valence-corrected chi connectivity index (χ4v) is 2.40. The van der Waals surface area contributed by atoms with Crippen LogP contribution in [0, 0.1) is 0 Å². The van der Waals surface area contributed by atoms with Crippen LogP contribution in [0.2, 0.25) is 0 Å². The minimum atomic E-state index is 0.590. The second-order valence-electron chi connectivity index (χ2n) is 4.95. The van der Waals surface area contributed by atoms with Crippen molar-refractivity contribution < 1.29 is 0 Å². The van der Waals surface area contributed by atoms with Crippen molar-refractivity contribution in [2.75, 3.05) is 13.6 Å². The fourth-order valence-electron chi connectivity index (χ4n) is 2.20. The van der Waals surface area contributed by atoms with E-state index in [9.17, 15) is 0 Å². The van der Waals surface area contributed by atoms with Crippen LogP contribution in [0.25, 0.3) is 10.8 Å². The van der Waals surface area contributed by atoms with Gasteiger partial charge in [-0.3, -0.25) is 0 Å². The number of halogens is 1. The molecule has 0 saturated carbocycles. The van der Waals surface area contributed by atoms with Crippen LogP contribution in [0.15, 0.2) is 42.5 Å². The minimum absolute atomic E-state index is 0.590. The summed E-state index contributed by atoms with van der Waals surface area (Å²) >= 11 is 3.60. The van der Waals surface area contributed by atoms with Gasteiger partial charge in [-0.2, -0.15) is 0 Å². The van der Waals surface area contributed by atoms with E-state index in [0.717, 1.165) is 13.1 Å². The average molecular weight is 306 g/mol. The number of alkyl halides is 1. The third-order valence-corrected chi connectivity index (χ3v) is 3.69. The second-order valence-corrected chi connectivity index (χ2v) is 6.51. The van der Waals surface area contributed by atoms with Crippen molar-refractivity contribution >= 4 is 26.7 Å². The van der Waals surface area contributed by atoms with E-state index in [1.807, 2.05) is 0 Å². The van der Waals surface area contributed by atoms with Gasteiger partial charge in [-0.1, -0.05) is 65.3 Å². The summed E-state index contributed by atoms with van der Waals surface area (Å²) in [5.74, 6) is 0. The lowest BCUT2D eigenvalue weighted by Crippen LogP contribution is -2.20. The molecule has 1 nitrogen and oxygen atoms in total. The van der Waals surface area contributed by atoms with Crippen molar-refractivity contribution in [1.82, 2.24) is 4.90 Å². The van der Waals surface area contributed by atoms with E-state index in [2.05, 4.69) is 77.3 Å². The van der Waals surface area contributed by atoms with Gasteiger partial charge in [0.05, 0.1) is 0 Å². The molecule has 0 fully saturated rings. The maximum Gasteiger partial charge on any atom is 0.0236 e. The Morgan fingerprint density at radius 1 is 1.11 bits per heavy atom. The first kappa shape index (κ1) is 13.6.